The minimum Gasteiger partial charge on any atom is -0.349 e. The number of hydrogen-bond acceptors (Lipinski definition) is 5. The molecule has 140 valence electrons. The summed E-state index contributed by atoms with van der Waals surface area (Å²) in [4.78, 5) is 0. The summed E-state index contributed by atoms with van der Waals surface area (Å²) in [5.74, 6) is -1.35. The second-order valence-corrected chi connectivity index (χ2v) is 11.0. The molecule has 0 saturated carbocycles. The molecule has 0 amide bonds. The first kappa shape index (κ1) is 23.2. The van der Waals surface area contributed by atoms with Gasteiger partial charge >= 0.3 is 0 Å². The minimum atomic E-state index is -0.673. The van der Waals surface area contributed by atoms with Crippen molar-refractivity contribution in [3.05, 3.63) is 0 Å². The van der Waals surface area contributed by atoms with Crippen molar-refractivity contribution in [3.63, 3.8) is 0 Å². The van der Waals surface area contributed by atoms with Crippen molar-refractivity contribution in [2.24, 2.45) is 0 Å². The van der Waals surface area contributed by atoms with Crippen LogP contribution in [0.4, 0.5) is 0 Å². The molecule has 5 nitrogen and oxygen atoms in total. The molecule has 0 saturated heterocycles. The lowest BCUT2D eigenvalue weighted by atomic mass is 10.0. The molecule has 0 fully saturated rings. The summed E-state index contributed by atoms with van der Waals surface area (Å²) >= 11 is 0. The van der Waals surface area contributed by atoms with Crippen LogP contribution >= 0.6 is 0 Å². The molecule has 0 aliphatic heterocycles. The molecule has 0 bridgehead atoms. The topological polar surface area (TPSA) is 49.0 Å². The molecule has 0 spiro atoms. The molecule has 0 aromatic heterocycles. The molecule has 1 N–H and O–H groups in total. The average molecular weight is 366 g/mol. The summed E-state index contributed by atoms with van der Waals surface area (Å²) in [6, 6.07) is 0. The first-order chi connectivity index (χ1) is 10.4. The summed E-state index contributed by atoms with van der Waals surface area (Å²) < 4.78 is 24.0. The SMILES string of the molecule is CCOC(C)(OCC)C(C)([SiH3])NC(C)([SiH3])C(C)(OCC)OCC. The monoisotopic (exact) mass is 365 g/mol. The molecule has 0 aliphatic carbocycles. The third kappa shape index (κ3) is 5.62. The maximum absolute atomic E-state index is 6.00. The zero-order chi connectivity index (χ0) is 18.4. The van der Waals surface area contributed by atoms with E-state index in [4.69, 9.17) is 18.9 Å². The smallest absolute Gasteiger partial charge is 0.179 e. The maximum atomic E-state index is 6.00. The normalized spacial score (nSPS) is 18.8. The zero-order valence-corrected chi connectivity index (χ0v) is 21.0. The van der Waals surface area contributed by atoms with E-state index in [0.717, 1.165) is 20.5 Å². The molecule has 7 heteroatoms. The van der Waals surface area contributed by atoms with Gasteiger partial charge in [0.05, 0.1) is 10.3 Å². The van der Waals surface area contributed by atoms with Crippen LogP contribution in [0.1, 0.15) is 55.4 Å². The van der Waals surface area contributed by atoms with Gasteiger partial charge in [-0.1, -0.05) is 0 Å². The van der Waals surface area contributed by atoms with Crippen LogP contribution in [0, 0.1) is 0 Å². The average Bonchev–Trinajstić information content (AvgIpc) is 2.38. The number of ether oxygens (including phenoxy) is 4. The molecule has 23 heavy (non-hydrogen) atoms. The van der Waals surface area contributed by atoms with Gasteiger partial charge in [0.15, 0.2) is 11.6 Å². The first-order valence-corrected chi connectivity index (χ1v) is 10.8. The van der Waals surface area contributed by atoms with Gasteiger partial charge in [0.2, 0.25) is 0 Å². The first-order valence-electron chi connectivity index (χ1n) is 8.80. The molecule has 0 aromatic carbocycles. The van der Waals surface area contributed by atoms with Crippen molar-refractivity contribution in [3.8, 4) is 0 Å². The van der Waals surface area contributed by atoms with E-state index in [1.165, 1.54) is 0 Å². The lowest BCUT2D eigenvalue weighted by Gasteiger charge is -2.52. The van der Waals surface area contributed by atoms with Gasteiger partial charge < -0.3 is 24.3 Å². The van der Waals surface area contributed by atoms with Crippen molar-refractivity contribution in [1.29, 1.82) is 0 Å². The van der Waals surface area contributed by atoms with Crippen molar-refractivity contribution in [2.45, 2.75) is 77.3 Å². The van der Waals surface area contributed by atoms with Crippen molar-refractivity contribution in [1.82, 2.24) is 5.32 Å². The second-order valence-electron chi connectivity index (χ2n) is 7.00. The van der Waals surface area contributed by atoms with Gasteiger partial charge in [-0.15, -0.1) is 0 Å². The Morgan fingerprint density at radius 1 is 0.609 bits per heavy atom. The second kappa shape index (κ2) is 9.08. The fourth-order valence-electron chi connectivity index (χ4n) is 2.92. The van der Waals surface area contributed by atoms with Crippen LogP contribution in [-0.2, 0) is 18.9 Å². The number of nitrogens with one attached hydrogen (secondary N) is 1. The van der Waals surface area contributed by atoms with Crippen LogP contribution in [0.5, 0.6) is 0 Å². The van der Waals surface area contributed by atoms with Crippen molar-refractivity contribution in [2.75, 3.05) is 26.4 Å². The van der Waals surface area contributed by atoms with E-state index < -0.39 is 11.6 Å². The molecule has 0 aliphatic rings. The van der Waals surface area contributed by atoms with Crippen LogP contribution in [0.15, 0.2) is 0 Å². The van der Waals surface area contributed by atoms with Gasteiger partial charge in [0.1, 0.15) is 0 Å². The molecule has 0 heterocycles. The van der Waals surface area contributed by atoms with E-state index in [1.54, 1.807) is 0 Å². The van der Waals surface area contributed by atoms with Crippen LogP contribution in [0.25, 0.3) is 0 Å². The van der Waals surface area contributed by atoms with E-state index in [0.29, 0.717) is 26.4 Å². The van der Waals surface area contributed by atoms with E-state index in [2.05, 4.69) is 19.2 Å². The van der Waals surface area contributed by atoms with E-state index in [-0.39, 0.29) is 10.3 Å². The van der Waals surface area contributed by atoms with Gasteiger partial charge in [-0.3, -0.25) is 0 Å². The highest BCUT2D eigenvalue weighted by Crippen LogP contribution is 2.32. The highest BCUT2D eigenvalue weighted by molar-refractivity contribution is 6.19. The lowest BCUT2D eigenvalue weighted by molar-refractivity contribution is -0.270. The maximum Gasteiger partial charge on any atom is 0.179 e. The molecule has 2 unspecified atom stereocenters. The summed E-state index contributed by atoms with van der Waals surface area (Å²) in [6.07, 6.45) is 0. The van der Waals surface area contributed by atoms with E-state index in [9.17, 15) is 0 Å². The highest BCUT2D eigenvalue weighted by Gasteiger charge is 2.51. The van der Waals surface area contributed by atoms with Crippen LogP contribution in [0.2, 0.25) is 0 Å². The Balaban J connectivity index is 5.51. The number of rotatable bonds is 12. The van der Waals surface area contributed by atoms with Crippen LogP contribution in [-0.4, -0.2) is 68.8 Å². The van der Waals surface area contributed by atoms with Crippen molar-refractivity contribution < 1.29 is 18.9 Å². The van der Waals surface area contributed by atoms with Crippen LogP contribution < -0.4 is 5.32 Å². The Kier molecular flexibility index (Phi) is 9.17. The Labute approximate surface area is 149 Å². The molecular formula is C16H39NO4Si2. The highest BCUT2D eigenvalue weighted by atomic mass is 28.2. The predicted molar refractivity (Wildman–Crippen MR) is 103 cm³/mol. The standard InChI is InChI=1S/C16H39NO4Si2/c1-9-18-15(7,19-10-2)13(5,22)17-14(6,23)16(8,20-11-3)21-12-4/h17H,9-12H2,1-8,22-23H3. The molecule has 0 radical (unpaired) electrons. The predicted octanol–water partition coefficient (Wildman–Crippen LogP) is 0.318. The van der Waals surface area contributed by atoms with Gasteiger partial charge in [0, 0.05) is 46.9 Å². The Morgan fingerprint density at radius 2 is 0.826 bits per heavy atom. The quantitative estimate of drug-likeness (QED) is 0.399. The summed E-state index contributed by atoms with van der Waals surface area (Å²) in [5.41, 5.74) is 0. The van der Waals surface area contributed by atoms with Gasteiger partial charge in [0.25, 0.3) is 0 Å². The Hall–Kier alpha value is 0.234. The van der Waals surface area contributed by atoms with E-state index >= 15 is 0 Å². The molecular weight excluding hydrogens is 326 g/mol. The third-order valence-corrected chi connectivity index (χ3v) is 6.89. The van der Waals surface area contributed by atoms with Gasteiger partial charge in [-0.05, 0) is 55.4 Å². The summed E-state index contributed by atoms with van der Waals surface area (Å²) in [5, 5.41) is 3.20. The largest absolute Gasteiger partial charge is 0.349 e. The fraction of sp³-hybridized carbons (Fsp3) is 1.00. The summed E-state index contributed by atoms with van der Waals surface area (Å²) in [6.45, 7) is 18.8. The molecule has 0 aromatic rings. The van der Waals surface area contributed by atoms with Gasteiger partial charge in [-0.2, -0.15) is 0 Å². The lowest BCUT2D eigenvalue weighted by Crippen LogP contribution is -2.74. The Morgan fingerprint density at radius 3 is 1.00 bits per heavy atom. The van der Waals surface area contributed by atoms with Crippen LogP contribution in [0.3, 0.4) is 0 Å². The minimum absolute atomic E-state index is 0.287. The fourth-order valence-corrected chi connectivity index (χ4v) is 5.24. The zero-order valence-electron chi connectivity index (χ0n) is 17.0. The molecule has 0 rings (SSSR count). The molecule has 2 atom stereocenters. The summed E-state index contributed by atoms with van der Waals surface area (Å²) in [7, 11) is 1.71. The van der Waals surface area contributed by atoms with Gasteiger partial charge in [-0.25, -0.2) is 0 Å². The third-order valence-electron chi connectivity index (χ3n) is 4.57. The van der Waals surface area contributed by atoms with Crippen molar-refractivity contribution >= 4 is 20.5 Å². The number of hydrogen-bond donors (Lipinski definition) is 1. The van der Waals surface area contributed by atoms with E-state index in [1.807, 2.05) is 41.5 Å². The Bertz CT molecular complexity index is 307.